The average molecular weight is 608 g/mol. The Balaban J connectivity index is 5.53. The largest absolute Gasteiger partial charge is 0.394 e. The Bertz CT molecular complexity index is 824. The highest BCUT2D eigenvalue weighted by Crippen LogP contribution is 2.10. The number of halogens is 1. The van der Waals surface area contributed by atoms with Crippen molar-refractivity contribution < 1.29 is 70.3 Å². The molecule has 14 N–H and O–H groups in total. The fraction of sp³-hybridized carbons (Fsp3) is 0.800. The molecule has 0 rings (SSSR count). The number of aliphatic hydroxyl groups is 10. The molecule has 0 aromatic carbocycles. The molecule has 0 radical (unpaired) electrons. The third-order valence-corrected chi connectivity index (χ3v) is 5.42. The minimum absolute atomic E-state index is 0.156. The number of hydrogen-bond donors (Lipinski definition) is 12. The van der Waals surface area contributed by atoms with Crippen LogP contribution in [-0.4, -0.2) is 154 Å². The quantitative estimate of drug-likeness (QED) is 0.0182. The molecule has 0 amide bonds. The van der Waals surface area contributed by atoms with Crippen LogP contribution >= 0.6 is 11.6 Å². The van der Waals surface area contributed by atoms with Crippen LogP contribution in [0.5, 0.6) is 0 Å². The van der Waals surface area contributed by atoms with Gasteiger partial charge in [0.05, 0.1) is 19.8 Å². The molecule has 20 heteroatoms. The van der Waals surface area contributed by atoms with Crippen molar-refractivity contribution in [2.75, 3.05) is 25.6 Å². The Labute approximate surface area is 233 Å². The molecule has 19 nitrogen and oxygen atoms in total. The normalized spacial score (nSPS) is 18.6. The first-order chi connectivity index (χ1) is 18.7. The van der Waals surface area contributed by atoms with Crippen LogP contribution in [0.15, 0.2) is 10.1 Å². The van der Waals surface area contributed by atoms with Crippen LogP contribution in [0.25, 0.3) is 0 Å². The summed E-state index contributed by atoms with van der Waals surface area (Å²) in [7, 11) is 0. The van der Waals surface area contributed by atoms with Gasteiger partial charge < -0.3 is 72.2 Å². The number of aliphatic imine (C=N–C) groups is 1. The van der Waals surface area contributed by atoms with Gasteiger partial charge in [-0.25, -0.2) is 9.59 Å². The molecule has 0 aliphatic carbocycles. The highest BCUT2D eigenvalue weighted by atomic mass is 35.5. The van der Waals surface area contributed by atoms with Crippen LogP contribution in [0.3, 0.4) is 0 Å². The van der Waals surface area contributed by atoms with Crippen LogP contribution in [0.2, 0.25) is 0 Å². The Kier molecular flexibility index (Phi) is 18.4. The second-order valence-corrected chi connectivity index (χ2v) is 8.68. The highest BCUT2D eigenvalue weighted by Gasteiger charge is 2.37. The van der Waals surface area contributed by atoms with Gasteiger partial charge in [0.15, 0.2) is 12.2 Å². The van der Waals surface area contributed by atoms with Gasteiger partial charge in [0.2, 0.25) is 5.96 Å². The smallest absolute Gasteiger partial charge is 0.366 e. The molecule has 0 saturated heterocycles. The minimum atomic E-state index is -2.44. The first kappa shape index (κ1) is 37.6. The summed E-state index contributed by atoms with van der Waals surface area (Å²) in [6, 6.07) is 0. The van der Waals surface area contributed by atoms with Crippen molar-refractivity contribution in [1.82, 2.24) is 5.06 Å². The molecule has 0 saturated carbocycles. The first-order valence-electron chi connectivity index (χ1n) is 11.8. The number of rotatable bonds is 17. The van der Waals surface area contributed by atoms with Crippen LogP contribution in [0.4, 0.5) is 0 Å². The molecule has 0 aromatic rings. The molecule has 0 aliphatic rings. The molecule has 0 heterocycles. The predicted molar refractivity (Wildman–Crippen MR) is 134 cm³/mol. The lowest BCUT2D eigenvalue weighted by molar-refractivity contribution is -0.196. The second kappa shape index (κ2) is 19.6. The lowest BCUT2D eigenvalue weighted by Crippen LogP contribution is -2.51. The van der Waals surface area contributed by atoms with Gasteiger partial charge in [-0.3, -0.25) is 0 Å². The monoisotopic (exact) mass is 607 g/mol. The highest BCUT2D eigenvalue weighted by molar-refractivity contribution is 6.17. The maximum Gasteiger partial charge on any atom is 0.366 e. The van der Waals surface area contributed by atoms with Crippen LogP contribution in [0, 0.1) is 0 Å². The Morgan fingerprint density at radius 2 is 1.23 bits per heavy atom. The molecule has 8 atom stereocenters. The van der Waals surface area contributed by atoms with E-state index in [4.69, 9.17) is 38.1 Å². The number of aliphatic hydroxyl groups excluding tert-OH is 10. The third kappa shape index (κ3) is 12.8. The molecular weight excluding hydrogens is 570 g/mol. The summed E-state index contributed by atoms with van der Waals surface area (Å²) in [5.74, 6) is -4.39. The van der Waals surface area contributed by atoms with Crippen molar-refractivity contribution in [1.29, 1.82) is 0 Å². The van der Waals surface area contributed by atoms with Crippen molar-refractivity contribution >= 4 is 35.5 Å². The van der Waals surface area contributed by atoms with Crippen molar-refractivity contribution in [2.24, 2.45) is 21.6 Å². The lowest BCUT2D eigenvalue weighted by Gasteiger charge is -2.27. The van der Waals surface area contributed by atoms with Crippen LogP contribution in [-0.2, 0) is 19.3 Å². The molecule has 0 aromatic heterocycles. The number of unbranched alkanes of at least 4 members (excludes halogenated alkanes) is 3. The SMILES string of the molecule is NC(=N\OC(=O)C(O)C(O)C(O)C(O)CO)/N=C(\N)N(CCCCCCCl)OC(=O)C(O)C(O)C(O)C(O)CO. The molecule has 0 aliphatic heterocycles. The van der Waals surface area contributed by atoms with Gasteiger partial charge in [-0.1, -0.05) is 12.8 Å². The van der Waals surface area contributed by atoms with Gasteiger partial charge >= 0.3 is 11.9 Å². The maximum absolute atomic E-state index is 12.3. The molecule has 0 bridgehead atoms. The zero-order valence-electron chi connectivity index (χ0n) is 21.3. The van der Waals surface area contributed by atoms with Crippen molar-refractivity contribution in [3.8, 4) is 0 Å². The fourth-order valence-electron chi connectivity index (χ4n) is 2.74. The summed E-state index contributed by atoms with van der Waals surface area (Å²) >= 11 is 5.62. The first-order valence-corrected chi connectivity index (χ1v) is 12.4. The number of carbonyl (C=O) groups is 2. The van der Waals surface area contributed by atoms with Crippen LogP contribution < -0.4 is 11.5 Å². The molecule has 0 spiro atoms. The van der Waals surface area contributed by atoms with E-state index in [1.54, 1.807) is 0 Å². The average Bonchev–Trinajstić information content (AvgIpc) is 2.95. The number of hydrogen-bond acceptors (Lipinski definition) is 15. The summed E-state index contributed by atoms with van der Waals surface area (Å²) in [6.07, 6.45) is -15.2. The number of hydroxylamine groups is 2. The minimum Gasteiger partial charge on any atom is -0.394 e. The predicted octanol–water partition coefficient (Wildman–Crippen LogP) is -6.49. The zero-order valence-corrected chi connectivity index (χ0v) is 22.0. The number of guanidine groups is 2. The Morgan fingerprint density at radius 1 is 0.750 bits per heavy atom. The maximum atomic E-state index is 12.3. The van der Waals surface area contributed by atoms with E-state index in [1.807, 2.05) is 0 Å². The topological polar surface area (TPSA) is 335 Å². The van der Waals surface area contributed by atoms with Crippen molar-refractivity contribution in [3.05, 3.63) is 0 Å². The lowest BCUT2D eigenvalue weighted by atomic mass is 10.0. The Hall–Kier alpha value is -2.43. The van der Waals surface area contributed by atoms with E-state index >= 15 is 0 Å². The van der Waals surface area contributed by atoms with E-state index in [1.165, 1.54) is 0 Å². The number of nitrogens with zero attached hydrogens (tertiary/aromatic N) is 3. The molecule has 8 unspecified atom stereocenters. The summed E-state index contributed by atoms with van der Waals surface area (Å²) in [6.45, 7) is -2.14. The van der Waals surface area contributed by atoms with E-state index in [-0.39, 0.29) is 6.54 Å². The molecule has 40 heavy (non-hydrogen) atoms. The van der Waals surface area contributed by atoms with E-state index in [0.29, 0.717) is 36.6 Å². The summed E-state index contributed by atoms with van der Waals surface area (Å²) < 4.78 is 0. The van der Waals surface area contributed by atoms with E-state index in [2.05, 4.69) is 15.0 Å². The van der Waals surface area contributed by atoms with Gasteiger partial charge in [-0.05, 0) is 18.0 Å². The number of alkyl halides is 1. The van der Waals surface area contributed by atoms with Gasteiger partial charge in [0.25, 0.3) is 5.96 Å². The second-order valence-electron chi connectivity index (χ2n) is 8.30. The van der Waals surface area contributed by atoms with E-state index in [0.717, 1.165) is 0 Å². The van der Waals surface area contributed by atoms with Gasteiger partial charge in [-0.15, -0.1) is 11.6 Å². The molecule has 0 fully saturated rings. The van der Waals surface area contributed by atoms with Gasteiger partial charge in [0.1, 0.15) is 36.6 Å². The zero-order chi connectivity index (χ0) is 31.0. The van der Waals surface area contributed by atoms with Gasteiger partial charge in [-0.2, -0.15) is 10.1 Å². The van der Waals surface area contributed by atoms with Crippen molar-refractivity contribution in [3.63, 3.8) is 0 Å². The van der Waals surface area contributed by atoms with E-state index < -0.39 is 85.9 Å². The number of oxime groups is 1. The summed E-state index contributed by atoms with van der Waals surface area (Å²) in [5, 5.41) is 98.4. The Morgan fingerprint density at radius 3 is 1.70 bits per heavy atom. The summed E-state index contributed by atoms with van der Waals surface area (Å²) in [4.78, 5) is 36.9. The summed E-state index contributed by atoms with van der Waals surface area (Å²) in [5.41, 5.74) is 11.2. The fourth-order valence-corrected chi connectivity index (χ4v) is 2.92. The van der Waals surface area contributed by atoms with Crippen molar-refractivity contribution in [2.45, 2.75) is 74.5 Å². The van der Waals surface area contributed by atoms with Crippen LogP contribution in [0.1, 0.15) is 25.7 Å². The van der Waals surface area contributed by atoms with Gasteiger partial charge in [0, 0.05) is 5.88 Å². The van der Waals surface area contributed by atoms with E-state index in [9.17, 15) is 50.4 Å². The standard InChI is InChI=1S/C20H38ClN5O14/c21-5-3-1-2-4-6-26(40-18(38)16(36)14(34)12(32)10(30)8-28)20(23)24-19(22)25-39-17(37)15(35)13(33)11(31)9(29)7-27/h9-16,27-36H,1-8H2,(H4,22,23,24,25). The molecule has 234 valence electrons. The molecular formula is C20H38ClN5O14. The number of nitrogens with two attached hydrogens (primary N) is 2. The third-order valence-electron chi connectivity index (χ3n) is 5.15. The number of carbonyl (C=O) groups excluding carboxylic acids is 2.